The molecule has 1 aliphatic rings. The summed E-state index contributed by atoms with van der Waals surface area (Å²) in [5.41, 5.74) is -0.923. The van der Waals surface area contributed by atoms with Gasteiger partial charge in [-0.25, -0.2) is 4.68 Å². The summed E-state index contributed by atoms with van der Waals surface area (Å²) in [4.78, 5) is 50.6. The molecule has 9 heteroatoms. The summed E-state index contributed by atoms with van der Waals surface area (Å²) in [7, 11) is 0. The number of fused-ring (bicyclic) bond motifs is 1. The Hall–Kier alpha value is -2.94. The van der Waals surface area contributed by atoms with Crippen molar-refractivity contribution in [3.8, 4) is 0 Å². The number of aromatic amines is 1. The monoisotopic (exact) mass is 360 g/mol. The summed E-state index contributed by atoms with van der Waals surface area (Å²) >= 11 is 0. The number of nitrogens with one attached hydrogen (secondary N) is 2. The van der Waals surface area contributed by atoms with Gasteiger partial charge in [0.15, 0.2) is 0 Å². The van der Waals surface area contributed by atoms with Crippen LogP contribution in [0.4, 0.5) is 0 Å². The Morgan fingerprint density at radius 2 is 1.85 bits per heavy atom. The van der Waals surface area contributed by atoms with Crippen molar-refractivity contribution in [3.05, 3.63) is 45.0 Å². The van der Waals surface area contributed by atoms with Crippen molar-refractivity contribution in [2.75, 3.05) is 26.3 Å². The van der Waals surface area contributed by atoms with E-state index in [9.17, 15) is 19.2 Å². The molecule has 2 N–H and O–H groups in total. The minimum Gasteiger partial charge on any atom is -0.378 e. The van der Waals surface area contributed by atoms with E-state index in [1.165, 1.54) is 6.07 Å². The van der Waals surface area contributed by atoms with E-state index in [1.807, 2.05) is 0 Å². The zero-order valence-electron chi connectivity index (χ0n) is 14.4. The van der Waals surface area contributed by atoms with Gasteiger partial charge in [-0.1, -0.05) is 12.1 Å². The zero-order chi connectivity index (χ0) is 18.7. The first-order valence-corrected chi connectivity index (χ1v) is 8.35. The largest absolute Gasteiger partial charge is 0.378 e. The Kier molecular flexibility index (Phi) is 5.17. The molecule has 1 saturated heterocycles. The Balaban J connectivity index is 1.71. The number of morpholine rings is 1. The van der Waals surface area contributed by atoms with E-state index in [4.69, 9.17) is 4.74 Å². The second kappa shape index (κ2) is 7.52. The predicted octanol–water partition coefficient (Wildman–Crippen LogP) is -0.947. The predicted molar refractivity (Wildman–Crippen MR) is 93.8 cm³/mol. The van der Waals surface area contributed by atoms with E-state index in [2.05, 4.69) is 10.4 Å². The second-order valence-electron chi connectivity index (χ2n) is 6.10. The van der Waals surface area contributed by atoms with E-state index in [0.717, 1.165) is 4.68 Å². The Morgan fingerprint density at radius 3 is 2.54 bits per heavy atom. The molecule has 26 heavy (non-hydrogen) atoms. The topological polar surface area (TPSA) is 114 Å². The zero-order valence-corrected chi connectivity index (χ0v) is 14.4. The summed E-state index contributed by atoms with van der Waals surface area (Å²) < 4.78 is 6.15. The maximum atomic E-state index is 12.4. The first-order chi connectivity index (χ1) is 12.5. The molecule has 138 valence electrons. The van der Waals surface area contributed by atoms with Crippen LogP contribution in [0, 0.1) is 0 Å². The number of carbonyl (C=O) groups excluding carboxylic acids is 2. The Morgan fingerprint density at radius 1 is 1.19 bits per heavy atom. The molecule has 0 radical (unpaired) electrons. The fourth-order valence-corrected chi connectivity index (χ4v) is 2.91. The van der Waals surface area contributed by atoms with Crippen LogP contribution in [0.15, 0.2) is 33.9 Å². The number of nitrogens with zero attached hydrogens (tertiary/aromatic N) is 2. The normalized spacial score (nSPS) is 15.7. The summed E-state index contributed by atoms with van der Waals surface area (Å²) in [5, 5.41) is 5.46. The highest BCUT2D eigenvalue weighted by molar-refractivity contribution is 5.87. The van der Waals surface area contributed by atoms with E-state index in [1.54, 1.807) is 30.0 Å². The van der Waals surface area contributed by atoms with Crippen LogP contribution in [0.3, 0.4) is 0 Å². The van der Waals surface area contributed by atoms with Gasteiger partial charge in [0.1, 0.15) is 12.6 Å². The van der Waals surface area contributed by atoms with Crippen molar-refractivity contribution in [2.45, 2.75) is 19.5 Å². The van der Waals surface area contributed by atoms with Gasteiger partial charge in [0, 0.05) is 13.1 Å². The molecule has 1 fully saturated rings. The number of amides is 2. The van der Waals surface area contributed by atoms with Crippen molar-refractivity contribution in [1.29, 1.82) is 0 Å². The van der Waals surface area contributed by atoms with Gasteiger partial charge in [-0.15, -0.1) is 0 Å². The van der Waals surface area contributed by atoms with E-state index < -0.39 is 23.1 Å². The molecule has 3 rings (SSSR count). The van der Waals surface area contributed by atoms with Crippen molar-refractivity contribution < 1.29 is 14.3 Å². The third-order valence-electron chi connectivity index (χ3n) is 4.26. The first-order valence-electron chi connectivity index (χ1n) is 8.35. The third-order valence-corrected chi connectivity index (χ3v) is 4.26. The molecular weight excluding hydrogens is 340 g/mol. The van der Waals surface area contributed by atoms with Gasteiger partial charge in [-0.2, -0.15) is 0 Å². The van der Waals surface area contributed by atoms with Crippen LogP contribution in [-0.4, -0.2) is 58.8 Å². The molecule has 0 saturated carbocycles. The minimum atomic E-state index is -0.733. The molecule has 0 spiro atoms. The lowest BCUT2D eigenvalue weighted by Gasteiger charge is -2.29. The van der Waals surface area contributed by atoms with E-state index in [-0.39, 0.29) is 23.2 Å². The Labute approximate surface area is 148 Å². The fourth-order valence-electron chi connectivity index (χ4n) is 2.91. The average Bonchev–Trinajstić information content (AvgIpc) is 2.66. The van der Waals surface area contributed by atoms with E-state index in [0.29, 0.717) is 26.3 Å². The van der Waals surface area contributed by atoms with Gasteiger partial charge in [0.2, 0.25) is 11.8 Å². The summed E-state index contributed by atoms with van der Waals surface area (Å²) in [6, 6.07) is 5.65. The van der Waals surface area contributed by atoms with Crippen LogP contribution in [0.2, 0.25) is 0 Å². The number of benzene rings is 1. The van der Waals surface area contributed by atoms with Crippen molar-refractivity contribution in [1.82, 2.24) is 20.0 Å². The van der Waals surface area contributed by atoms with Crippen LogP contribution >= 0.6 is 0 Å². The van der Waals surface area contributed by atoms with Gasteiger partial charge in [0.25, 0.3) is 11.1 Å². The summed E-state index contributed by atoms with van der Waals surface area (Å²) in [6.07, 6.45) is 0. The van der Waals surface area contributed by atoms with E-state index >= 15 is 0 Å². The lowest BCUT2D eigenvalue weighted by atomic mass is 10.2. The maximum Gasteiger partial charge on any atom is 0.273 e. The number of hydrogen-bond acceptors (Lipinski definition) is 5. The standard InChI is InChI=1S/C17H20N4O5/c1-11(16(24)20-6-8-26-9-7-20)18-14(22)10-21-17(25)13-5-3-2-4-12(13)15(23)19-21/h2-5,11H,6-10H2,1H3,(H,18,22)(H,19,23). The highest BCUT2D eigenvalue weighted by Crippen LogP contribution is 2.03. The highest BCUT2D eigenvalue weighted by Gasteiger charge is 2.24. The van der Waals surface area contributed by atoms with Crippen LogP contribution in [0.1, 0.15) is 6.92 Å². The lowest BCUT2D eigenvalue weighted by Crippen LogP contribution is -2.51. The third kappa shape index (κ3) is 3.67. The van der Waals surface area contributed by atoms with Gasteiger partial charge in [0.05, 0.1) is 24.0 Å². The molecular formula is C17H20N4O5. The van der Waals surface area contributed by atoms with Gasteiger partial charge < -0.3 is 15.0 Å². The SMILES string of the molecule is CC(NC(=O)Cn1[nH]c(=O)c2ccccc2c1=O)C(=O)N1CCOCC1. The molecule has 2 heterocycles. The molecule has 1 aromatic heterocycles. The van der Waals surface area contributed by atoms with Crippen molar-refractivity contribution in [2.24, 2.45) is 0 Å². The van der Waals surface area contributed by atoms with Gasteiger partial charge in [-0.05, 0) is 19.1 Å². The van der Waals surface area contributed by atoms with Crippen LogP contribution in [0.5, 0.6) is 0 Å². The molecule has 1 aliphatic heterocycles. The van der Waals surface area contributed by atoms with Gasteiger partial charge >= 0.3 is 0 Å². The van der Waals surface area contributed by atoms with Crippen LogP contribution in [0.25, 0.3) is 10.8 Å². The van der Waals surface area contributed by atoms with Gasteiger partial charge in [-0.3, -0.25) is 24.3 Å². The molecule has 9 nitrogen and oxygen atoms in total. The number of H-pyrrole nitrogens is 1. The molecule has 0 aliphatic carbocycles. The molecule has 2 aromatic rings. The highest BCUT2D eigenvalue weighted by atomic mass is 16.5. The maximum absolute atomic E-state index is 12.4. The smallest absolute Gasteiger partial charge is 0.273 e. The van der Waals surface area contributed by atoms with Crippen molar-refractivity contribution in [3.63, 3.8) is 0 Å². The molecule has 1 aromatic carbocycles. The quantitative estimate of drug-likeness (QED) is 0.730. The number of carbonyl (C=O) groups is 2. The fraction of sp³-hybridized carbons (Fsp3) is 0.412. The molecule has 1 unspecified atom stereocenters. The number of aromatic nitrogens is 2. The number of ether oxygens (including phenoxy) is 1. The summed E-state index contributed by atoms with van der Waals surface area (Å²) in [6.45, 7) is 3.12. The number of hydrogen-bond donors (Lipinski definition) is 2. The Bertz CT molecular complexity index is 942. The number of rotatable bonds is 4. The average molecular weight is 360 g/mol. The second-order valence-corrected chi connectivity index (χ2v) is 6.10. The van der Waals surface area contributed by atoms with Crippen molar-refractivity contribution >= 4 is 22.6 Å². The van der Waals surface area contributed by atoms with Crippen LogP contribution < -0.4 is 16.4 Å². The molecule has 2 amide bonds. The molecule has 0 bridgehead atoms. The van der Waals surface area contributed by atoms with Crippen LogP contribution in [-0.2, 0) is 20.9 Å². The minimum absolute atomic E-state index is 0.207. The first kappa shape index (κ1) is 17.9. The summed E-state index contributed by atoms with van der Waals surface area (Å²) in [5.74, 6) is -0.742. The lowest BCUT2D eigenvalue weighted by molar-refractivity contribution is -0.139. The molecule has 1 atom stereocenters.